The molecule has 1 aromatic heterocycles. The van der Waals surface area contributed by atoms with E-state index in [1.54, 1.807) is 12.0 Å². The first-order chi connectivity index (χ1) is 15.1. The molecule has 1 unspecified atom stereocenters. The number of carbonyl (C=O) groups excluding carboxylic acids is 2. The fourth-order valence-electron chi connectivity index (χ4n) is 3.74. The molecule has 32 heavy (non-hydrogen) atoms. The van der Waals surface area contributed by atoms with Crippen molar-refractivity contribution in [3.8, 4) is 16.3 Å². The summed E-state index contributed by atoms with van der Waals surface area (Å²) in [7, 11) is 1.61. The summed E-state index contributed by atoms with van der Waals surface area (Å²) in [6.45, 7) is 11.8. The number of carbonyl (C=O) groups is 2. The number of methoxy groups -OCH3 is 1. The third-order valence-electron chi connectivity index (χ3n) is 4.93. The quantitative estimate of drug-likeness (QED) is 0.495. The Balaban J connectivity index is 1.89. The van der Waals surface area contributed by atoms with Crippen molar-refractivity contribution in [1.82, 2.24) is 15.1 Å². The van der Waals surface area contributed by atoms with E-state index in [0.29, 0.717) is 35.6 Å². The Morgan fingerprint density at radius 1 is 1.22 bits per heavy atom. The first kappa shape index (κ1) is 25.8. The molecule has 176 valence electrons. The molecule has 0 saturated heterocycles. The molecule has 0 radical (unpaired) electrons. The van der Waals surface area contributed by atoms with Gasteiger partial charge in [0.25, 0.3) is 0 Å². The second-order valence-corrected chi connectivity index (χ2v) is 10.4. The second kappa shape index (κ2) is 11.9. The van der Waals surface area contributed by atoms with E-state index in [2.05, 4.69) is 43.2 Å². The van der Waals surface area contributed by atoms with E-state index in [0.717, 1.165) is 24.2 Å². The maximum absolute atomic E-state index is 12.8. The zero-order valence-electron chi connectivity index (χ0n) is 20.1. The van der Waals surface area contributed by atoms with Crippen LogP contribution in [0.2, 0.25) is 0 Å². The molecule has 8 heteroatoms. The summed E-state index contributed by atoms with van der Waals surface area (Å²) in [6, 6.07) is 7.54. The first-order valence-corrected chi connectivity index (χ1v) is 12.0. The number of nitrogens with zero attached hydrogens (tertiary/aromatic N) is 3. The predicted octanol–water partition coefficient (Wildman–Crippen LogP) is 5.24. The van der Waals surface area contributed by atoms with Gasteiger partial charge in [-0.1, -0.05) is 58.1 Å². The van der Waals surface area contributed by atoms with Crippen LogP contribution < -0.4 is 10.1 Å². The van der Waals surface area contributed by atoms with Gasteiger partial charge in [-0.15, -0.1) is 10.2 Å². The maximum atomic E-state index is 12.8. The van der Waals surface area contributed by atoms with Gasteiger partial charge in [0.15, 0.2) is 0 Å². The molecule has 0 saturated carbocycles. The van der Waals surface area contributed by atoms with Crippen LogP contribution >= 0.6 is 11.3 Å². The lowest BCUT2D eigenvalue weighted by Crippen LogP contribution is -2.35. The largest absolute Gasteiger partial charge is 0.497 e. The van der Waals surface area contributed by atoms with Gasteiger partial charge in [-0.2, -0.15) is 0 Å². The molecule has 2 aromatic rings. The minimum atomic E-state index is -0.171. The second-order valence-electron chi connectivity index (χ2n) is 9.40. The molecule has 0 aliphatic carbocycles. The summed E-state index contributed by atoms with van der Waals surface area (Å²) in [5, 5.41) is 12.2. The minimum absolute atomic E-state index is 0.118. The highest BCUT2D eigenvalue weighted by Gasteiger charge is 2.21. The van der Waals surface area contributed by atoms with Crippen LogP contribution in [-0.2, 0) is 9.59 Å². The molecular formula is C24H36N4O3S. The van der Waals surface area contributed by atoms with Crippen molar-refractivity contribution in [2.24, 2.45) is 11.3 Å². The molecule has 1 aromatic carbocycles. The molecule has 0 aliphatic rings. The predicted molar refractivity (Wildman–Crippen MR) is 130 cm³/mol. The van der Waals surface area contributed by atoms with Gasteiger partial charge in [0.1, 0.15) is 10.8 Å². The number of ether oxygens (including phenoxy) is 1. The SMILES string of the molecule is CCCN(CCC(=O)Nc1nnc(-c2cccc(OC)c2)s1)C(=O)CC(C)CC(C)(C)C. The zero-order valence-corrected chi connectivity index (χ0v) is 20.9. The number of aromatic nitrogens is 2. The molecule has 0 fully saturated rings. The van der Waals surface area contributed by atoms with Crippen molar-refractivity contribution in [2.75, 3.05) is 25.5 Å². The lowest BCUT2D eigenvalue weighted by Gasteiger charge is -2.26. The van der Waals surface area contributed by atoms with Gasteiger partial charge in [-0.3, -0.25) is 9.59 Å². The summed E-state index contributed by atoms with van der Waals surface area (Å²) < 4.78 is 5.24. The van der Waals surface area contributed by atoms with Crippen molar-refractivity contribution in [2.45, 2.75) is 60.3 Å². The van der Waals surface area contributed by atoms with Gasteiger partial charge in [0.2, 0.25) is 16.9 Å². The van der Waals surface area contributed by atoms with Gasteiger partial charge in [-0.25, -0.2) is 0 Å². The Labute approximate surface area is 195 Å². The van der Waals surface area contributed by atoms with Crippen LogP contribution in [-0.4, -0.2) is 47.1 Å². The van der Waals surface area contributed by atoms with Crippen LogP contribution in [0.3, 0.4) is 0 Å². The van der Waals surface area contributed by atoms with Crippen LogP contribution in [0.5, 0.6) is 5.75 Å². The summed E-state index contributed by atoms with van der Waals surface area (Å²) >= 11 is 1.31. The molecule has 2 amide bonds. The summed E-state index contributed by atoms with van der Waals surface area (Å²) in [6.07, 6.45) is 2.60. The number of hydrogen-bond acceptors (Lipinski definition) is 6. The lowest BCUT2D eigenvalue weighted by atomic mass is 9.84. The highest BCUT2D eigenvalue weighted by molar-refractivity contribution is 7.18. The molecule has 2 rings (SSSR count). The molecule has 1 atom stereocenters. The van der Waals surface area contributed by atoms with E-state index < -0.39 is 0 Å². The van der Waals surface area contributed by atoms with Crippen LogP contribution in [0, 0.1) is 11.3 Å². The van der Waals surface area contributed by atoms with E-state index >= 15 is 0 Å². The number of nitrogens with one attached hydrogen (secondary N) is 1. The van der Waals surface area contributed by atoms with Gasteiger partial charge in [-0.05, 0) is 36.3 Å². The highest BCUT2D eigenvalue weighted by atomic mass is 32.1. The smallest absolute Gasteiger partial charge is 0.227 e. The topological polar surface area (TPSA) is 84.4 Å². The van der Waals surface area contributed by atoms with Crippen molar-refractivity contribution in [3.05, 3.63) is 24.3 Å². The van der Waals surface area contributed by atoms with E-state index in [4.69, 9.17) is 4.74 Å². The Kier molecular flexibility index (Phi) is 9.62. The average molecular weight is 461 g/mol. The van der Waals surface area contributed by atoms with Crippen LogP contribution in [0.25, 0.3) is 10.6 Å². The maximum Gasteiger partial charge on any atom is 0.227 e. The Hall–Kier alpha value is -2.48. The molecule has 0 spiro atoms. The summed E-state index contributed by atoms with van der Waals surface area (Å²) in [5.41, 5.74) is 1.08. The first-order valence-electron chi connectivity index (χ1n) is 11.2. The molecule has 7 nitrogen and oxygen atoms in total. The lowest BCUT2D eigenvalue weighted by molar-refractivity contribution is -0.132. The van der Waals surface area contributed by atoms with E-state index in [9.17, 15) is 9.59 Å². The van der Waals surface area contributed by atoms with E-state index in [1.807, 2.05) is 31.2 Å². The Morgan fingerprint density at radius 2 is 1.97 bits per heavy atom. The third-order valence-corrected chi connectivity index (χ3v) is 5.81. The van der Waals surface area contributed by atoms with Crippen LogP contribution in [0.4, 0.5) is 5.13 Å². The summed E-state index contributed by atoms with van der Waals surface area (Å²) in [4.78, 5) is 27.1. The fraction of sp³-hybridized carbons (Fsp3) is 0.583. The monoisotopic (exact) mass is 460 g/mol. The standard InChI is InChI=1S/C24H36N4O3S/c1-7-12-28(21(30)14-17(2)16-24(3,4)5)13-11-20(29)25-23-27-26-22(32-23)18-9-8-10-19(15-18)31-6/h8-10,15,17H,7,11-14,16H2,1-6H3,(H,25,27,29). The van der Waals surface area contributed by atoms with Crippen molar-refractivity contribution >= 4 is 28.3 Å². The zero-order chi connectivity index (χ0) is 23.7. The minimum Gasteiger partial charge on any atom is -0.497 e. The molecule has 1 heterocycles. The number of rotatable bonds is 11. The van der Waals surface area contributed by atoms with Crippen molar-refractivity contribution in [1.29, 1.82) is 0 Å². The normalized spacial score (nSPS) is 12.3. The van der Waals surface area contributed by atoms with Gasteiger partial charge < -0.3 is 15.0 Å². The fourth-order valence-corrected chi connectivity index (χ4v) is 4.50. The average Bonchev–Trinajstić information content (AvgIpc) is 3.18. The van der Waals surface area contributed by atoms with E-state index in [1.165, 1.54) is 11.3 Å². The number of amides is 2. The van der Waals surface area contributed by atoms with Gasteiger partial charge in [0, 0.05) is 31.5 Å². The summed E-state index contributed by atoms with van der Waals surface area (Å²) in [5.74, 6) is 0.996. The number of anilines is 1. The highest BCUT2D eigenvalue weighted by Crippen LogP contribution is 2.29. The van der Waals surface area contributed by atoms with Crippen LogP contribution in [0.1, 0.15) is 60.3 Å². The van der Waals surface area contributed by atoms with Crippen molar-refractivity contribution in [3.63, 3.8) is 0 Å². The van der Waals surface area contributed by atoms with Gasteiger partial charge in [0.05, 0.1) is 7.11 Å². The van der Waals surface area contributed by atoms with Gasteiger partial charge >= 0.3 is 0 Å². The van der Waals surface area contributed by atoms with Crippen molar-refractivity contribution < 1.29 is 14.3 Å². The van der Waals surface area contributed by atoms with E-state index in [-0.39, 0.29) is 23.7 Å². The number of hydrogen-bond donors (Lipinski definition) is 1. The van der Waals surface area contributed by atoms with Crippen LogP contribution in [0.15, 0.2) is 24.3 Å². The number of benzene rings is 1. The third kappa shape index (κ3) is 8.57. The molecule has 1 N–H and O–H groups in total. The molecular weight excluding hydrogens is 424 g/mol. The Morgan fingerprint density at radius 3 is 2.62 bits per heavy atom. The molecule has 0 aliphatic heterocycles. The molecule has 0 bridgehead atoms. The Bertz CT molecular complexity index is 891.